The molecule has 0 bridgehead atoms. The zero-order valence-corrected chi connectivity index (χ0v) is 19.3. The number of fused-ring (bicyclic) bond motifs is 2. The van der Waals surface area contributed by atoms with Crippen molar-refractivity contribution in [1.29, 1.82) is 0 Å². The van der Waals surface area contributed by atoms with E-state index in [2.05, 4.69) is 42.5 Å². The van der Waals surface area contributed by atoms with Gasteiger partial charge in [-0.2, -0.15) is 0 Å². The van der Waals surface area contributed by atoms with Crippen LogP contribution in [-0.2, 0) is 13.3 Å². The van der Waals surface area contributed by atoms with Crippen LogP contribution in [0, 0.1) is 0 Å². The van der Waals surface area contributed by atoms with Crippen molar-refractivity contribution in [1.82, 2.24) is 0 Å². The second-order valence-electron chi connectivity index (χ2n) is 6.74. The quantitative estimate of drug-likeness (QED) is 0.322. The first-order chi connectivity index (χ1) is 14.7. The zero-order valence-electron chi connectivity index (χ0n) is 17.5. The summed E-state index contributed by atoms with van der Waals surface area (Å²) < 4.78 is 24.1. The molecule has 0 aliphatic carbocycles. The third kappa shape index (κ3) is 4.19. The fourth-order valence-corrected chi connectivity index (χ4v) is 6.97. The van der Waals surface area contributed by atoms with Crippen molar-refractivity contribution >= 4 is 25.8 Å². The average molecular weight is 439 g/mol. The predicted octanol–water partition coefficient (Wildman–Crippen LogP) is 5.87. The molecule has 3 aromatic rings. The number of ether oxygens (including phenoxy) is 1. The molecule has 0 N–H and O–H groups in total. The minimum atomic E-state index is -2.88. The number of benzene rings is 3. The van der Waals surface area contributed by atoms with Gasteiger partial charge in [0.05, 0.1) is 9.79 Å². The van der Waals surface area contributed by atoms with Crippen molar-refractivity contribution in [3.63, 3.8) is 0 Å². The van der Waals surface area contributed by atoms with E-state index in [0.29, 0.717) is 19.8 Å². The molecule has 3 aromatic carbocycles. The first-order valence-corrected chi connectivity index (χ1v) is 12.8. The maximum atomic E-state index is 6.05. The molecule has 6 heteroatoms. The lowest BCUT2D eigenvalue weighted by molar-refractivity contribution is 0.0859. The van der Waals surface area contributed by atoms with Crippen molar-refractivity contribution in [2.45, 2.75) is 30.6 Å². The maximum Gasteiger partial charge on any atom is 0.537 e. The summed E-state index contributed by atoms with van der Waals surface area (Å²) in [6.45, 7) is 7.57. The molecule has 156 valence electrons. The predicted molar refractivity (Wildman–Crippen MR) is 123 cm³/mol. The average Bonchev–Trinajstić information content (AvgIpc) is 2.78. The lowest BCUT2D eigenvalue weighted by Gasteiger charge is -2.28. The van der Waals surface area contributed by atoms with Gasteiger partial charge in [-0.1, -0.05) is 54.2 Å². The van der Waals surface area contributed by atoms with Crippen LogP contribution < -0.4 is 9.92 Å². The highest BCUT2D eigenvalue weighted by Gasteiger charge is 2.43. The highest BCUT2D eigenvalue weighted by molar-refractivity contribution is 7.99. The molecule has 1 aliphatic rings. The van der Waals surface area contributed by atoms with Gasteiger partial charge in [0.25, 0.3) is 0 Å². The molecule has 0 spiro atoms. The van der Waals surface area contributed by atoms with Crippen LogP contribution >= 0.6 is 11.8 Å². The smallest absolute Gasteiger partial charge is 0.455 e. The molecule has 0 saturated heterocycles. The van der Waals surface area contributed by atoms with Gasteiger partial charge in [0.15, 0.2) is 0 Å². The fourth-order valence-electron chi connectivity index (χ4n) is 3.52. The van der Waals surface area contributed by atoms with Crippen molar-refractivity contribution in [3.8, 4) is 22.6 Å². The van der Waals surface area contributed by atoms with E-state index in [-0.39, 0.29) is 0 Å². The molecule has 0 unspecified atom stereocenters. The van der Waals surface area contributed by atoms with Gasteiger partial charge >= 0.3 is 8.80 Å². The molecular formula is C24H26O4SSi. The molecule has 4 nitrogen and oxygen atoms in total. The Balaban J connectivity index is 1.62. The van der Waals surface area contributed by atoms with Crippen LogP contribution in [0.5, 0.6) is 11.5 Å². The summed E-state index contributed by atoms with van der Waals surface area (Å²) in [6.07, 6.45) is 0. The van der Waals surface area contributed by atoms with Gasteiger partial charge in [0, 0.05) is 25.0 Å². The zero-order chi connectivity index (χ0) is 21.0. The largest absolute Gasteiger partial charge is 0.537 e. The molecular weight excluding hydrogens is 412 g/mol. The van der Waals surface area contributed by atoms with Gasteiger partial charge in [-0.3, -0.25) is 0 Å². The SMILES string of the molecule is CCO[Si](OCC)(OCC)c1ccc(-c2ccc3c(c2)Sc2ccccc2O3)cc1. The first-order valence-electron chi connectivity index (χ1n) is 10.3. The molecule has 0 atom stereocenters. The lowest BCUT2D eigenvalue weighted by Crippen LogP contribution is -2.56. The normalized spacial score (nSPS) is 12.8. The van der Waals surface area contributed by atoms with Gasteiger partial charge in [-0.25, -0.2) is 0 Å². The molecule has 4 rings (SSSR count). The topological polar surface area (TPSA) is 36.9 Å². The van der Waals surface area contributed by atoms with Crippen molar-refractivity contribution < 1.29 is 18.0 Å². The highest BCUT2D eigenvalue weighted by atomic mass is 32.2. The number of rotatable bonds is 8. The lowest BCUT2D eigenvalue weighted by atomic mass is 10.1. The Labute approximate surface area is 183 Å². The van der Waals surface area contributed by atoms with E-state index in [1.807, 2.05) is 45.0 Å². The summed E-state index contributed by atoms with van der Waals surface area (Å²) in [6, 6.07) is 22.8. The number of hydrogen-bond donors (Lipinski definition) is 0. The molecule has 0 radical (unpaired) electrons. The minimum absolute atomic E-state index is 0.553. The molecule has 30 heavy (non-hydrogen) atoms. The third-order valence-corrected chi connectivity index (χ3v) is 8.95. The van der Waals surface area contributed by atoms with E-state index in [9.17, 15) is 0 Å². The van der Waals surface area contributed by atoms with Crippen molar-refractivity contribution in [2.75, 3.05) is 19.8 Å². The summed E-state index contributed by atoms with van der Waals surface area (Å²) in [5, 5.41) is 0.987. The molecule has 0 aromatic heterocycles. The Morgan fingerprint density at radius 3 is 1.97 bits per heavy atom. The van der Waals surface area contributed by atoms with E-state index in [0.717, 1.165) is 37.6 Å². The second kappa shape index (κ2) is 9.37. The first kappa shape index (κ1) is 21.2. The maximum absolute atomic E-state index is 6.05. The van der Waals surface area contributed by atoms with Crippen LogP contribution in [0.15, 0.2) is 76.5 Å². The van der Waals surface area contributed by atoms with Crippen LogP contribution in [0.4, 0.5) is 0 Å². The Morgan fingerprint density at radius 2 is 1.30 bits per heavy atom. The summed E-state index contributed by atoms with van der Waals surface area (Å²) in [7, 11) is -2.88. The second-order valence-corrected chi connectivity index (χ2v) is 10.4. The molecule has 1 heterocycles. The van der Waals surface area contributed by atoms with Gasteiger partial charge < -0.3 is 18.0 Å². The van der Waals surface area contributed by atoms with E-state index >= 15 is 0 Å². The van der Waals surface area contributed by atoms with E-state index in [4.69, 9.17) is 18.0 Å². The van der Waals surface area contributed by atoms with Crippen LogP contribution in [0.1, 0.15) is 20.8 Å². The molecule has 0 saturated carbocycles. The van der Waals surface area contributed by atoms with Gasteiger partial charge in [0.1, 0.15) is 11.5 Å². The van der Waals surface area contributed by atoms with E-state index in [1.165, 1.54) is 0 Å². The Kier molecular flexibility index (Phi) is 6.60. The Morgan fingerprint density at radius 1 is 0.700 bits per heavy atom. The van der Waals surface area contributed by atoms with Crippen molar-refractivity contribution in [3.05, 3.63) is 66.7 Å². The van der Waals surface area contributed by atoms with E-state index in [1.54, 1.807) is 11.8 Å². The number of para-hydroxylation sites is 1. The van der Waals surface area contributed by atoms with Crippen LogP contribution in [-0.4, -0.2) is 28.6 Å². The van der Waals surface area contributed by atoms with Gasteiger partial charge in [-0.15, -0.1) is 0 Å². The standard InChI is InChI=1S/C24H26O4SSi/c1-4-25-30(26-5-2,27-6-3)20-14-11-18(12-15-20)19-13-16-22-24(17-19)29-23-10-8-7-9-21(23)28-22/h7-17H,4-6H2,1-3H3. The molecule has 1 aliphatic heterocycles. The Bertz CT molecular complexity index is 989. The van der Waals surface area contributed by atoms with Crippen LogP contribution in [0.3, 0.4) is 0 Å². The minimum Gasteiger partial charge on any atom is -0.455 e. The summed E-state index contributed by atoms with van der Waals surface area (Å²) in [5.74, 6) is 1.81. The van der Waals surface area contributed by atoms with Crippen LogP contribution in [0.25, 0.3) is 11.1 Å². The summed E-state index contributed by atoms with van der Waals surface area (Å²) >= 11 is 1.74. The van der Waals surface area contributed by atoms with Gasteiger partial charge in [0.2, 0.25) is 0 Å². The summed E-state index contributed by atoms with van der Waals surface area (Å²) in [4.78, 5) is 2.26. The van der Waals surface area contributed by atoms with Gasteiger partial charge in [-0.05, 0) is 56.2 Å². The highest BCUT2D eigenvalue weighted by Crippen LogP contribution is 2.47. The fraction of sp³-hybridized carbons (Fsp3) is 0.250. The van der Waals surface area contributed by atoms with Crippen LogP contribution in [0.2, 0.25) is 0 Å². The molecule has 0 amide bonds. The number of hydrogen-bond acceptors (Lipinski definition) is 5. The van der Waals surface area contributed by atoms with Crippen molar-refractivity contribution in [2.24, 2.45) is 0 Å². The monoisotopic (exact) mass is 438 g/mol. The third-order valence-electron chi connectivity index (χ3n) is 4.81. The molecule has 0 fully saturated rings. The summed E-state index contributed by atoms with van der Waals surface area (Å²) in [5.41, 5.74) is 2.28. The Hall–Kier alpha value is -2.09. The van der Waals surface area contributed by atoms with E-state index < -0.39 is 8.80 Å².